The molecule has 0 aromatic heterocycles. The minimum absolute atomic E-state index is 0.00113. The fraction of sp³-hybridized carbons (Fsp3) is 0.611. The molecule has 0 bridgehead atoms. The fourth-order valence-corrected chi connectivity index (χ4v) is 3.28. The van der Waals surface area contributed by atoms with Gasteiger partial charge in [-0.3, -0.25) is 4.79 Å². The van der Waals surface area contributed by atoms with E-state index < -0.39 is 11.9 Å². The van der Waals surface area contributed by atoms with Crippen molar-refractivity contribution in [1.29, 1.82) is 0 Å². The Balaban J connectivity index is 2.32. The van der Waals surface area contributed by atoms with Crippen LogP contribution in [0.2, 0.25) is 0 Å². The van der Waals surface area contributed by atoms with Crippen molar-refractivity contribution < 1.29 is 9.90 Å². The highest BCUT2D eigenvalue weighted by atomic mass is 16.4. The van der Waals surface area contributed by atoms with Gasteiger partial charge < -0.3 is 10.8 Å². The highest BCUT2D eigenvalue weighted by molar-refractivity contribution is 5.78. The standard InChI is InChI=1S/C18H27NO2/c1-18(2,3)13-8-9-16(19)14(11-13)15(17(20)21)10-12-6-4-5-7-12/h8-9,11-12,15H,4-7,10,19H2,1-3H3,(H,20,21). The molecule has 1 aromatic carbocycles. The van der Waals surface area contributed by atoms with E-state index in [1.165, 1.54) is 12.8 Å². The summed E-state index contributed by atoms with van der Waals surface area (Å²) < 4.78 is 0. The van der Waals surface area contributed by atoms with Crippen molar-refractivity contribution >= 4 is 11.7 Å². The van der Waals surface area contributed by atoms with Crippen LogP contribution in [-0.4, -0.2) is 11.1 Å². The Morgan fingerprint density at radius 2 is 1.95 bits per heavy atom. The molecule has 1 fully saturated rings. The lowest BCUT2D eigenvalue weighted by atomic mass is 9.81. The molecule has 1 aliphatic rings. The molecule has 2 rings (SSSR count). The molecule has 1 unspecified atom stereocenters. The van der Waals surface area contributed by atoms with Crippen LogP contribution in [0.1, 0.15) is 69.9 Å². The third kappa shape index (κ3) is 3.78. The third-order valence-electron chi connectivity index (χ3n) is 4.67. The van der Waals surface area contributed by atoms with Gasteiger partial charge in [0.25, 0.3) is 0 Å². The number of aliphatic carboxylic acids is 1. The molecule has 116 valence electrons. The van der Waals surface area contributed by atoms with E-state index in [2.05, 4.69) is 20.8 Å². The summed E-state index contributed by atoms with van der Waals surface area (Å²) in [6.07, 6.45) is 5.49. The van der Waals surface area contributed by atoms with Gasteiger partial charge in [-0.1, -0.05) is 58.6 Å². The zero-order valence-electron chi connectivity index (χ0n) is 13.4. The van der Waals surface area contributed by atoms with Gasteiger partial charge in [-0.2, -0.15) is 0 Å². The molecule has 1 aliphatic carbocycles. The van der Waals surface area contributed by atoms with Gasteiger partial charge in [-0.25, -0.2) is 0 Å². The normalized spacial score (nSPS) is 17.9. The van der Waals surface area contributed by atoms with Gasteiger partial charge in [0.1, 0.15) is 0 Å². The molecular formula is C18H27NO2. The average Bonchev–Trinajstić information content (AvgIpc) is 2.88. The molecule has 0 spiro atoms. The van der Waals surface area contributed by atoms with Gasteiger partial charge in [0.15, 0.2) is 0 Å². The molecule has 0 aliphatic heterocycles. The van der Waals surface area contributed by atoms with Crippen molar-refractivity contribution in [1.82, 2.24) is 0 Å². The second kappa shape index (κ2) is 6.08. The van der Waals surface area contributed by atoms with Crippen LogP contribution < -0.4 is 5.73 Å². The lowest BCUT2D eigenvalue weighted by Gasteiger charge is -2.24. The molecule has 21 heavy (non-hydrogen) atoms. The maximum absolute atomic E-state index is 11.7. The molecule has 3 N–H and O–H groups in total. The molecule has 1 saturated carbocycles. The Labute approximate surface area is 127 Å². The first kappa shape index (κ1) is 15.9. The van der Waals surface area contributed by atoms with Gasteiger partial charge in [0.2, 0.25) is 0 Å². The SMILES string of the molecule is CC(C)(C)c1ccc(N)c(C(CC2CCCC2)C(=O)O)c1. The quantitative estimate of drug-likeness (QED) is 0.812. The zero-order chi connectivity index (χ0) is 15.6. The van der Waals surface area contributed by atoms with Gasteiger partial charge in [-0.05, 0) is 34.9 Å². The number of benzene rings is 1. The molecule has 0 saturated heterocycles. The Morgan fingerprint density at radius 1 is 1.33 bits per heavy atom. The Kier molecular flexibility index (Phi) is 4.60. The number of carbonyl (C=O) groups is 1. The first-order valence-corrected chi connectivity index (χ1v) is 7.91. The maximum atomic E-state index is 11.7. The van der Waals surface area contributed by atoms with Gasteiger partial charge in [0.05, 0.1) is 5.92 Å². The molecule has 1 atom stereocenters. The largest absolute Gasteiger partial charge is 0.481 e. The summed E-state index contributed by atoms with van der Waals surface area (Å²) in [6, 6.07) is 5.87. The Morgan fingerprint density at radius 3 is 2.48 bits per heavy atom. The first-order valence-electron chi connectivity index (χ1n) is 7.91. The van der Waals surface area contributed by atoms with Gasteiger partial charge >= 0.3 is 5.97 Å². The van der Waals surface area contributed by atoms with Crippen LogP contribution in [0.5, 0.6) is 0 Å². The minimum atomic E-state index is -0.750. The van der Waals surface area contributed by atoms with E-state index in [0.717, 1.165) is 24.0 Å². The summed E-state index contributed by atoms with van der Waals surface area (Å²) in [6.45, 7) is 6.40. The van der Waals surface area contributed by atoms with Crippen LogP contribution in [0.4, 0.5) is 5.69 Å². The second-order valence-electron chi connectivity index (χ2n) is 7.37. The molecule has 0 heterocycles. The summed E-state index contributed by atoms with van der Waals surface area (Å²) >= 11 is 0. The van der Waals surface area contributed by atoms with Gasteiger partial charge in [-0.15, -0.1) is 0 Å². The van der Waals surface area contributed by atoms with E-state index in [0.29, 0.717) is 18.0 Å². The lowest BCUT2D eigenvalue weighted by molar-refractivity contribution is -0.139. The highest BCUT2D eigenvalue weighted by Gasteiger charge is 2.28. The maximum Gasteiger partial charge on any atom is 0.311 e. The lowest BCUT2D eigenvalue weighted by Crippen LogP contribution is -2.19. The van der Waals surface area contributed by atoms with E-state index >= 15 is 0 Å². The molecule has 3 nitrogen and oxygen atoms in total. The summed E-state index contributed by atoms with van der Waals surface area (Å²) in [5.41, 5.74) is 8.62. The van der Waals surface area contributed by atoms with Crippen molar-refractivity contribution in [2.45, 2.75) is 64.2 Å². The molecule has 1 aromatic rings. The summed E-state index contributed by atoms with van der Waals surface area (Å²) in [5.74, 6) is -0.696. The van der Waals surface area contributed by atoms with Crippen LogP contribution in [0.25, 0.3) is 0 Å². The number of rotatable bonds is 4. The van der Waals surface area contributed by atoms with E-state index in [-0.39, 0.29) is 5.41 Å². The van der Waals surface area contributed by atoms with Crippen molar-refractivity contribution in [3.8, 4) is 0 Å². The first-order chi connectivity index (χ1) is 9.79. The number of nitrogens with two attached hydrogens (primary N) is 1. The summed E-state index contributed by atoms with van der Waals surface area (Å²) in [7, 11) is 0. The Bertz CT molecular complexity index is 510. The van der Waals surface area contributed by atoms with Crippen molar-refractivity contribution in [2.75, 3.05) is 5.73 Å². The minimum Gasteiger partial charge on any atom is -0.481 e. The van der Waals surface area contributed by atoms with Crippen molar-refractivity contribution in [2.24, 2.45) is 5.92 Å². The second-order valence-corrected chi connectivity index (χ2v) is 7.37. The number of carboxylic acids is 1. The molecule has 3 heteroatoms. The molecule has 0 amide bonds. The van der Waals surface area contributed by atoms with Gasteiger partial charge in [0, 0.05) is 5.69 Å². The van der Waals surface area contributed by atoms with E-state index in [4.69, 9.17) is 5.73 Å². The average molecular weight is 289 g/mol. The summed E-state index contributed by atoms with van der Waals surface area (Å²) in [5, 5.41) is 9.65. The van der Waals surface area contributed by atoms with Crippen LogP contribution in [0, 0.1) is 5.92 Å². The van der Waals surface area contributed by atoms with Crippen LogP contribution >= 0.6 is 0 Å². The van der Waals surface area contributed by atoms with E-state index in [1.807, 2.05) is 18.2 Å². The summed E-state index contributed by atoms with van der Waals surface area (Å²) in [4.78, 5) is 11.7. The number of anilines is 1. The fourth-order valence-electron chi connectivity index (χ4n) is 3.28. The predicted octanol–water partition coefficient (Wildman–Crippen LogP) is 4.31. The number of hydrogen-bond acceptors (Lipinski definition) is 2. The van der Waals surface area contributed by atoms with E-state index in [9.17, 15) is 9.90 Å². The van der Waals surface area contributed by atoms with E-state index in [1.54, 1.807) is 0 Å². The van der Waals surface area contributed by atoms with Crippen molar-refractivity contribution in [3.05, 3.63) is 29.3 Å². The smallest absolute Gasteiger partial charge is 0.311 e. The third-order valence-corrected chi connectivity index (χ3v) is 4.67. The monoisotopic (exact) mass is 289 g/mol. The van der Waals surface area contributed by atoms with Crippen molar-refractivity contribution in [3.63, 3.8) is 0 Å². The predicted molar refractivity (Wildman–Crippen MR) is 86.5 cm³/mol. The zero-order valence-corrected chi connectivity index (χ0v) is 13.4. The number of nitrogen functional groups attached to an aromatic ring is 1. The number of hydrogen-bond donors (Lipinski definition) is 2. The molecular weight excluding hydrogens is 262 g/mol. The van der Waals surface area contributed by atoms with Crippen LogP contribution in [-0.2, 0) is 10.2 Å². The topological polar surface area (TPSA) is 63.3 Å². The van der Waals surface area contributed by atoms with Crippen LogP contribution in [0.15, 0.2) is 18.2 Å². The highest BCUT2D eigenvalue weighted by Crippen LogP contribution is 2.37. The Hall–Kier alpha value is -1.51. The van der Waals surface area contributed by atoms with Crippen LogP contribution in [0.3, 0.4) is 0 Å². The number of carboxylic acid groups (broad SMARTS) is 1. The molecule has 0 radical (unpaired) electrons.